The van der Waals surface area contributed by atoms with Crippen LogP contribution in [0, 0.1) is 6.92 Å². The highest BCUT2D eigenvalue weighted by molar-refractivity contribution is 7.93. The summed E-state index contributed by atoms with van der Waals surface area (Å²) in [5, 5.41) is 9.11. The zero-order valence-corrected chi connectivity index (χ0v) is 10.6. The van der Waals surface area contributed by atoms with Gasteiger partial charge < -0.3 is 5.11 Å². The van der Waals surface area contributed by atoms with Gasteiger partial charge in [-0.05, 0) is 43.5 Å². The number of nitrogens with one attached hydrogen (secondary N) is 1. The van der Waals surface area contributed by atoms with Crippen molar-refractivity contribution in [3.8, 4) is 5.75 Å². The van der Waals surface area contributed by atoms with E-state index in [1.54, 1.807) is 19.1 Å². The number of anilines is 1. The second-order valence-corrected chi connectivity index (χ2v) is 6.52. The number of aryl methyl sites for hydroxylation is 1. The first-order valence-corrected chi connectivity index (χ1v) is 7.35. The number of sulfonamides is 1. The van der Waals surface area contributed by atoms with Gasteiger partial charge in [-0.3, -0.25) is 4.72 Å². The highest BCUT2D eigenvalue weighted by atomic mass is 32.2. The minimum absolute atomic E-state index is 0.175. The lowest BCUT2D eigenvalue weighted by Crippen LogP contribution is -2.25. The van der Waals surface area contributed by atoms with E-state index in [4.69, 9.17) is 0 Å². The summed E-state index contributed by atoms with van der Waals surface area (Å²) in [6, 6.07) is 4.72. The predicted octanol–water partition coefficient (Wildman–Crippen LogP) is 2.38. The smallest absolute Gasteiger partial charge is 0.235 e. The molecule has 0 aliphatic heterocycles. The lowest BCUT2D eigenvalue weighted by Gasteiger charge is -2.13. The molecule has 0 heterocycles. The van der Waals surface area contributed by atoms with Crippen molar-refractivity contribution in [2.45, 2.75) is 37.9 Å². The van der Waals surface area contributed by atoms with E-state index in [-0.39, 0.29) is 11.0 Å². The third-order valence-electron chi connectivity index (χ3n) is 3.20. The average molecular weight is 255 g/mol. The van der Waals surface area contributed by atoms with Crippen LogP contribution in [-0.2, 0) is 10.0 Å². The molecule has 0 unspecified atom stereocenters. The number of aromatic hydroxyl groups is 1. The Balaban J connectivity index is 2.17. The van der Waals surface area contributed by atoms with Crippen molar-refractivity contribution < 1.29 is 13.5 Å². The molecule has 1 aromatic rings. The minimum Gasteiger partial charge on any atom is -0.508 e. The van der Waals surface area contributed by atoms with Crippen LogP contribution in [0.4, 0.5) is 5.69 Å². The molecule has 1 fully saturated rings. The Bertz CT molecular complexity index is 504. The van der Waals surface area contributed by atoms with Gasteiger partial charge in [-0.2, -0.15) is 0 Å². The van der Waals surface area contributed by atoms with Crippen molar-refractivity contribution in [3.05, 3.63) is 23.8 Å². The Morgan fingerprint density at radius 2 is 1.94 bits per heavy atom. The molecule has 1 aliphatic rings. The minimum atomic E-state index is -3.27. The molecular formula is C12H17NO3S. The van der Waals surface area contributed by atoms with Gasteiger partial charge in [-0.25, -0.2) is 8.42 Å². The Morgan fingerprint density at radius 1 is 1.29 bits per heavy atom. The van der Waals surface area contributed by atoms with Crippen LogP contribution in [0.3, 0.4) is 0 Å². The molecule has 0 amide bonds. The standard InChI is InChI=1S/C12H17NO3S/c1-9-8-10(6-7-12(9)14)13-17(15,16)11-4-2-3-5-11/h6-8,11,13-14H,2-5H2,1H3. The van der Waals surface area contributed by atoms with E-state index >= 15 is 0 Å². The molecule has 0 saturated heterocycles. The van der Waals surface area contributed by atoms with Crippen LogP contribution in [-0.4, -0.2) is 18.8 Å². The monoisotopic (exact) mass is 255 g/mol. The molecule has 17 heavy (non-hydrogen) atoms. The topological polar surface area (TPSA) is 66.4 Å². The maximum absolute atomic E-state index is 12.0. The quantitative estimate of drug-likeness (QED) is 0.815. The molecule has 2 N–H and O–H groups in total. The summed E-state index contributed by atoms with van der Waals surface area (Å²) >= 11 is 0. The highest BCUT2D eigenvalue weighted by Crippen LogP contribution is 2.27. The second-order valence-electron chi connectivity index (χ2n) is 4.55. The van der Waals surface area contributed by atoms with Gasteiger partial charge in [0.2, 0.25) is 10.0 Å². The van der Waals surface area contributed by atoms with Gasteiger partial charge in [0.1, 0.15) is 5.75 Å². The summed E-state index contributed by atoms with van der Waals surface area (Å²) in [6.45, 7) is 1.74. The van der Waals surface area contributed by atoms with Crippen LogP contribution in [0.1, 0.15) is 31.2 Å². The van der Waals surface area contributed by atoms with E-state index in [0.717, 1.165) is 25.7 Å². The summed E-state index contributed by atoms with van der Waals surface area (Å²) < 4.78 is 26.6. The molecule has 0 spiro atoms. The van der Waals surface area contributed by atoms with Crippen LogP contribution >= 0.6 is 0 Å². The Hall–Kier alpha value is -1.23. The van der Waals surface area contributed by atoms with Gasteiger partial charge in [0.05, 0.1) is 5.25 Å². The first-order chi connectivity index (χ1) is 7.99. The van der Waals surface area contributed by atoms with Gasteiger partial charge in [-0.1, -0.05) is 12.8 Å². The first kappa shape index (κ1) is 12.2. The SMILES string of the molecule is Cc1cc(NS(=O)(=O)C2CCCC2)ccc1O. The molecular weight excluding hydrogens is 238 g/mol. The zero-order chi connectivity index (χ0) is 12.5. The Kier molecular flexibility index (Phi) is 3.28. The summed E-state index contributed by atoms with van der Waals surface area (Å²) in [4.78, 5) is 0. The number of benzene rings is 1. The van der Waals surface area contributed by atoms with Gasteiger partial charge >= 0.3 is 0 Å². The summed E-state index contributed by atoms with van der Waals surface area (Å²) in [7, 11) is -3.27. The number of rotatable bonds is 3. The molecule has 1 aliphatic carbocycles. The molecule has 0 atom stereocenters. The van der Waals surface area contributed by atoms with E-state index in [1.165, 1.54) is 6.07 Å². The normalized spacial score (nSPS) is 17.2. The van der Waals surface area contributed by atoms with E-state index < -0.39 is 10.0 Å². The van der Waals surface area contributed by atoms with Gasteiger partial charge in [0.15, 0.2) is 0 Å². The van der Waals surface area contributed by atoms with E-state index in [2.05, 4.69) is 4.72 Å². The fourth-order valence-electron chi connectivity index (χ4n) is 2.17. The fraction of sp³-hybridized carbons (Fsp3) is 0.500. The predicted molar refractivity (Wildman–Crippen MR) is 67.6 cm³/mol. The van der Waals surface area contributed by atoms with Crippen LogP contribution in [0.15, 0.2) is 18.2 Å². The Labute approximate surface area is 102 Å². The van der Waals surface area contributed by atoms with Crippen LogP contribution in [0.25, 0.3) is 0 Å². The molecule has 0 bridgehead atoms. The lowest BCUT2D eigenvalue weighted by molar-refractivity contribution is 0.471. The van der Waals surface area contributed by atoms with E-state index in [1.807, 2.05) is 0 Å². The summed E-state index contributed by atoms with van der Waals surface area (Å²) in [6.07, 6.45) is 3.46. The first-order valence-electron chi connectivity index (χ1n) is 5.80. The molecule has 1 aromatic carbocycles. The third-order valence-corrected chi connectivity index (χ3v) is 5.07. The third kappa shape index (κ3) is 2.72. The summed E-state index contributed by atoms with van der Waals surface area (Å²) in [5.41, 5.74) is 1.18. The van der Waals surface area contributed by atoms with Crippen molar-refractivity contribution in [2.75, 3.05) is 4.72 Å². The van der Waals surface area contributed by atoms with Gasteiger partial charge in [0, 0.05) is 5.69 Å². The molecule has 4 nitrogen and oxygen atoms in total. The number of phenolic OH excluding ortho intramolecular Hbond substituents is 1. The van der Waals surface area contributed by atoms with Crippen molar-refractivity contribution in [1.82, 2.24) is 0 Å². The van der Waals surface area contributed by atoms with Crippen LogP contribution in [0.2, 0.25) is 0 Å². The zero-order valence-electron chi connectivity index (χ0n) is 9.81. The maximum atomic E-state index is 12.0. The second kappa shape index (κ2) is 4.56. The fourth-order valence-corrected chi connectivity index (χ4v) is 3.74. The highest BCUT2D eigenvalue weighted by Gasteiger charge is 2.28. The van der Waals surface area contributed by atoms with E-state index in [0.29, 0.717) is 11.3 Å². The van der Waals surface area contributed by atoms with Crippen molar-refractivity contribution in [1.29, 1.82) is 0 Å². The number of hydrogen-bond donors (Lipinski definition) is 2. The van der Waals surface area contributed by atoms with E-state index in [9.17, 15) is 13.5 Å². The molecule has 0 aromatic heterocycles. The van der Waals surface area contributed by atoms with Crippen molar-refractivity contribution in [2.24, 2.45) is 0 Å². The Morgan fingerprint density at radius 3 is 2.53 bits per heavy atom. The molecule has 1 saturated carbocycles. The molecule has 2 rings (SSSR count). The summed E-state index contributed by atoms with van der Waals surface area (Å²) in [5.74, 6) is 0.175. The molecule has 5 heteroatoms. The average Bonchev–Trinajstić information content (AvgIpc) is 2.77. The maximum Gasteiger partial charge on any atom is 0.235 e. The molecule has 0 radical (unpaired) electrons. The van der Waals surface area contributed by atoms with Gasteiger partial charge in [0.25, 0.3) is 0 Å². The lowest BCUT2D eigenvalue weighted by atomic mass is 10.2. The van der Waals surface area contributed by atoms with Gasteiger partial charge in [-0.15, -0.1) is 0 Å². The van der Waals surface area contributed by atoms with Crippen molar-refractivity contribution >= 4 is 15.7 Å². The van der Waals surface area contributed by atoms with Crippen LogP contribution in [0.5, 0.6) is 5.75 Å². The number of phenols is 1. The van der Waals surface area contributed by atoms with Crippen LogP contribution < -0.4 is 4.72 Å². The largest absolute Gasteiger partial charge is 0.508 e. The molecule has 94 valence electrons. The number of hydrogen-bond acceptors (Lipinski definition) is 3. The van der Waals surface area contributed by atoms with Crippen molar-refractivity contribution in [3.63, 3.8) is 0 Å².